The van der Waals surface area contributed by atoms with Gasteiger partial charge in [-0.25, -0.2) is 4.98 Å². The molecule has 1 amide bonds. The van der Waals surface area contributed by atoms with E-state index in [1.807, 2.05) is 6.07 Å². The Balaban J connectivity index is 1.49. The second-order valence-electron chi connectivity index (χ2n) is 6.27. The van der Waals surface area contributed by atoms with Gasteiger partial charge >= 0.3 is 0 Å². The van der Waals surface area contributed by atoms with E-state index in [1.54, 1.807) is 13.8 Å². The van der Waals surface area contributed by atoms with Gasteiger partial charge in [0.25, 0.3) is 5.91 Å². The van der Waals surface area contributed by atoms with Gasteiger partial charge in [0.05, 0.1) is 11.8 Å². The molecule has 0 aliphatic carbocycles. The van der Waals surface area contributed by atoms with Crippen LogP contribution in [0, 0.1) is 13.8 Å². The number of β-amino-alcohol motifs (C(OH)–C–C–N with tert-alkyl or cyclic N) is 1. The van der Waals surface area contributed by atoms with E-state index in [4.69, 9.17) is 4.42 Å². The highest BCUT2D eigenvalue weighted by Crippen LogP contribution is 2.18. The molecule has 0 saturated carbocycles. The molecule has 0 radical (unpaired) electrons. The highest BCUT2D eigenvalue weighted by molar-refractivity contribution is 5.92. The van der Waals surface area contributed by atoms with Crippen molar-refractivity contribution in [2.75, 3.05) is 19.6 Å². The second-order valence-corrected chi connectivity index (χ2v) is 6.27. The first-order valence-electron chi connectivity index (χ1n) is 8.22. The Morgan fingerprint density at radius 1 is 1.38 bits per heavy atom. The number of aliphatic hydroxyl groups excluding tert-OH is 1. The average Bonchev–Trinajstić information content (AvgIpc) is 2.91. The number of amides is 1. The lowest BCUT2D eigenvalue weighted by Crippen LogP contribution is -2.42. The summed E-state index contributed by atoms with van der Waals surface area (Å²) in [4.78, 5) is 18.4. The highest BCUT2D eigenvalue weighted by atomic mass is 16.4. The number of oxazole rings is 1. The van der Waals surface area contributed by atoms with Gasteiger partial charge in [0.1, 0.15) is 0 Å². The molecule has 2 aromatic rings. The normalized spacial score (nSPS) is 15.8. The lowest BCUT2D eigenvalue weighted by atomic mass is 10.00. The standard InChI is InChI=1S/C18H23N3O3/c1-12-17(24-13(2)20-12)18(23)19-9-16(22)11-21-8-7-14-5-3-4-6-15(14)10-21/h3-6,16,22H,7-11H2,1-2H3,(H,19,23)/t16-/m0/s1. The Bertz CT molecular complexity index is 726. The fourth-order valence-electron chi connectivity index (χ4n) is 3.11. The van der Waals surface area contributed by atoms with Crippen LogP contribution in [0.1, 0.15) is 33.3 Å². The summed E-state index contributed by atoms with van der Waals surface area (Å²) < 4.78 is 5.28. The smallest absolute Gasteiger partial charge is 0.289 e. The van der Waals surface area contributed by atoms with Crippen molar-refractivity contribution in [3.63, 3.8) is 0 Å². The first-order chi connectivity index (χ1) is 11.5. The number of rotatable bonds is 5. The van der Waals surface area contributed by atoms with Gasteiger partial charge in [-0.3, -0.25) is 9.69 Å². The largest absolute Gasteiger partial charge is 0.436 e. The van der Waals surface area contributed by atoms with Gasteiger partial charge in [0.15, 0.2) is 5.89 Å². The molecule has 1 aliphatic rings. The number of carbonyl (C=O) groups excluding carboxylic acids is 1. The van der Waals surface area contributed by atoms with Gasteiger partial charge in [-0.15, -0.1) is 0 Å². The summed E-state index contributed by atoms with van der Waals surface area (Å²) in [6, 6.07) is 8.39. The van der Waals surface area contributed by atoms with Crippen LogP contribution in [0.4, 0.5) is 0 Å². The van der Waals surface area contributed by atoms with Crippen molar-refractivity contribution in [2.24, 2.45) is 0 Å². The first-order valence-corrected chi connectivity index (χ1v) is 8.22. The molecule has 24 heavy (non-hydrogen) atoms. The van der Waals surface area contributed by atoms with E-state index in [9.17, 15) is 9.90 Å². The van der Waals surface area contributed by atoms with Crippen molar-refractivity contribution in [1.29, 1.82) is 0 Å². The minimum absolute atomic E-state index is 0.191. The van der Waals surface area contributed by atoms with E-state index >= 15 is 0 Å². The molecule has 0 bridgehead atoms. The van der Waals surface area contributed by atoms with Gasteiger partial charge in [-0.1, -0.05) is 24.3 Å². The highest BCUT2D eigenvalue weighted by Gasteiger charge is 2.20. The van der Waals surface area contributed by atoms with Crippen LogP contribution in [0.15, 0.2) is 28.7 Å². The van der Waals surface area contributed by atoms with Crippen LogP contribution in [0.5, 0.6) is 0 Å². The SMILES string of the molecule is Cc1nc(C)c(C(=O)NC[C@H](O)CN2CCc3ccccc3C2)o1. The zero-order chi connectivity index (χ0) is 17.1. The summed E-state index contributed by atoms with van der Waals surface area (Å²) >= 11 is 0. The number of fused-ring (bicyclic) bond motifs is 1. The topological polar surface area (TPSA) is 78.6 Å². The number of hydrogen-bond acceptors (Lipinski definition) is 5. The number of nitrogens with one attached hydrogen (secondary N) is 1. The van der Waals surface area contributed by atoms with Gasteiger partial charge < -0.3 is 14.8 Å². The van der Waals surface area contributed by atoms with Crippen LogP contribution < -0.4 is 5.32 Å². The van der Waals surface area contributed by atoms with E-state index in [2.05, 4.69) is 33.4 Å². The number of nitrogens with zero attached hydrogens (tertiary/aromatic N) is 2. The Labute approximate surface area is 141 Å². The number of benzene rings is 1. The summed E-state index contributed by atoms with van der Waals surface area (Å²) in [6.45, 7) is 5.91. The first kappa shape index (κ1) is 16.7. The lowest BCUT2D eigenvalue weighted by Gasteiger charge is -2.30. The zero-order valence-electron chi connectivity index (χ0n) is 14.1. The van der Waals surface area contributed by atoms with Crippen LogP contribution in [0.2, 0.25) is 0 Å². The fraction of sp³-hybridized carbons (Fsp3) is 0.444. The lowest BCUT2D eigenvalue weighted by molar-refractivity contribution is 0.0819. The summed E-state index contributed by atoms with van der Waals surface area (Å²) in [7, 11) is 0. The molecule has 3 rings (SSSR count). The molecule has 6 heteroatoms. The summed E-state index contributed by atoms with van der Waals surface area (Å²) in [5.41, 5.74) is 3.26. The summed E-state index contributed by atoms with van der Waals surface area (Å²) in [6.07, 6.45) is 0.370. The van der Waals surface area contributed by atoms with Crippen molar-refractivity contribution < 1.29 is 14.3 Å². The minimum Gasteiger partial charge on any atom is -0.436 e. The van der Waals surface area contributed by atoms with Crippen LogP contribution in [0.3, 0.4) is 0 Å². The fourth-order valence-corrected chi connectivity index (χ4v) is 3.11. The quantitative estimate of drug-likeness (QED) is 0.868. The van der Waals surface area contributed by atoms with Crippen LogP contribution in [0.25, 0.3) is 0 Å². The monoisotopic (exact) mass is 329 g/mol. The van der Waals surface area contributed by atoms with Crippen molar-refractivity contribution >= 4 is 5.91 Å². The Hall–Kier alpha value is -2.18. The average molecular weight is 329 g/mol. The predicted octanol–water partition coefficient (Wildman–Crippen LogP) is 1.44. The summed E-state index contributed by atoms with van der Waals surface area (Å²) in [5.74, 6) is 0.341. The number of aliphatic hydroxyl groups is 1. The molecule has 1 aromatic heterocycles. The van der Waals surface area contributed by atoms with Gasteiger partial charge in [-0.2, -0.15) is 0 Å². The minimum atomic E-state index is -0.622. The maximum Gasteiger partial charge on any atom is 0.289 e. The molecule has 128 valence electrons. The zero-order valence-corrected chi connectivity index (χ0v) is 14.1. The van der Waals surface area contributed by atoms with Crippen molar-refractivity contribution in [2.45, 2.75) is 32.9 Å². The molecular formula is C18H23N3O3. The number of hydrogen-bond donors (Lipinski definition) is 2. The predicted molar refractivity (Wildman–Crippen MR) is 89.7 cm³/mol. The van der Waals surface area contributed by atoms with Crippen LogP contribution >= 0.6 is 0 Å². The molecule has 0 unspecified atom stereocenters. The van der Waals surface area contributed by atoms with E-state index in [-0.39, 0.29) is 18.2 Å². The number of carbonyl (C=O) groups is 1. The van der Waals surface area contributed by atoms with E-state index < -0.39 is 6.10 Å². The molecule has 0 saturated heterocycles. The number of aryl methyl sites for hydroxylation is 2. The Morgan fingerprint density at radius 3 is 2.83 bits per heavy atom. The molecular weight excluding hydrogens is 306 g/mol. The molecule has 1 atom stereocenters. The second kappa shape index (κ2) is 7.15. The van der Waals surface area contributed by atoms with Gasteiger partial charge in [0, 0.05) is 33.1 Å². The molecule has 1 aromatic carbocycles. The van der Waals surface area contributed by atoms with E-state index in [0.29, 0.717) is 18.1 Å². The van der Waals surface area contributed by atoms with Gasteiger partial charge in [-0.05, 0) is 24.5 Å². The van der Waals surface area contributed by atoms with E-state index in [1.165, 1.54) is 11.1 Å². The van der Waals surface area contributed by atoms with E-state index in [0.717, 1.165) is 19.5 Å². The van der Waals surface area contributed by atoms with Crippen molar-refractivity contribution in [3.05, 3.63) is 52.7 Å². The molecule has 1 aliphatic heterocycles. The van der Waals surface area contributed by atoms with Gasteiger partial charge in [0.2, 0.25) is 5.76 Å². The molecule has 2 heterocycles. The third-order valence-electron chi connectivity index (χ3n) is 4.29. The molecule has 2 N–H and O–H groups in total. The molecule has 0 fully saturated rings. The Morgan fingerprint density at radius 2 is 2.12 bits per heavy atom. The van der Waals surface area contributed by atoms with Crippen molar-refractivity contribution in [1.82, 2.24) is 15.2 Å². The molecule has 0 spiro atoms. The summed E-state index contributed by atoms with van der Waals surface area (Å²) in [5, 5.41) is 12.9. The maximum atomic E-state index is 12.1. The van der Waals surface area contributed by atoms with Crippen LogP contribution in [-0.2, 0) is 13.0 Å². The third-order valence-corrected chi connectivity index (χ3v) is 4.29. The maximum absolute atomic E-state index is 12.1. The van der Waals surface area contributed by atoms with Crippen molar-refractivity contribution in [3.8, 4) is 0 Å². The number of aromatic nitrogens is 1. The molecule has 6 nitrogen and oxygen atoms in total. The third kappa shape index (κ3) is 3.83. The Kier molecular flexibility index (Phi) is 4.97. The van der Waals surface area contributed by atoms with Crippen LogP contribution in [-0.4, -0.2) is 46.6 Å².